The average molecular weight is 372 g/mol. The minimum absolute atomic E-state index is 0.180. The Hall–Kier alpha value is -2.86. The van der Waals surface area contributed by atoms with Gasteiger partial charge in [-0.25, -0.2) is 0 Å². The number of hydrogen-bond acceptors (Lipinski definition) is 6. The second-order valence-corrected chi connectivity index (χ2v) is 6.22. The van der Waals surface area contributed by atoms with Gasteiger partial charge in [0.2, 0.25) is 12.5 Å². The fourth-order valence-electron chi connectivity index (χ4n) is 3.17. The van der Waals surface area contributed by atoms with Crippen LogP contribution in [0.15, 0.2) is 36.9 Å². The van der Waals surface area contributed by atoms with E-state index in [0.717, 1.165) is 5.56 Å². The van der Waals surface area contributed by atoms with Crippen LogP contribution in [0.4, 0.5) is 0 Å². The molecule has 1 N–H and O–H groups in total. The molecular weight excluding hydrogens is 348 g/mol. The van der Waals surface area contributed by atoms with Crippen molar-refractivity contribution >= 4 is 0 Å². The van der Waals surface area contributed by atoms with Crippen molar-refractivity contribution in [1.29, 1.82) is 0 Å². The molecule has 0 aromatic heterocycles. The van der Waals surface area contributed by atoms with Gasteiger partial charge in [-0.05, 0) is 29.3 Å². The molecule has 6 nitrogen and oxygen atoms in total. The molecule has 2 aromatic carbocycles. The smallest absolute Gasteiger partial charge is 0.231 e. The Balaban J connectivity index is 2.30. The Morgan fingerprint density at radius 2 is 1.74 bits per heavy atom. The van der Waals surface area contributed by atoms with Crippen LogP contribution in [0, 0.1) is 5.92 Å². The van der Waals surface area contributed by atoms with Crippen molar-refractivity contribution < 1.29 is 28.8 Å². The summed E-state index contributed by atoms with van der Waals surface area (Å²) in [6, 6.07) is 7.36. The molecule has 144 valence electrons. The van der Waals surface area contributed by atoms with Crippen molar-refractivity contribution in [2.45, 2.75) is 13.0 Å². The number of hydrogen-bond donors (Lipinski definition) is 1. The number of benzene rings is 2. The summed E-state index contributed by atoms with van der Waals surface area (Å²) < 4.78 is 27.6. The van der Waals surface area contributed by atoms with E-state index in [1.54, 1.807) is 33.5 Å². The van der Waals surface area contributed by atoms with E-state index < -0.39 is 6.10 Å². The van der Waals surface area contributed by atoms with Crippen molar-refractivity contribution in [3.05, 3.63) is 42.5 Å². The Morgan fingerprint density at radius 3 is 2.37 bits per heavy atom. The lowest BCUT2D eigenvalue weighted by molar-refractivity contribution is 0.139. The number of methoxy groups -OCH3 is 3. The first-order chi connectivity index (χ1) is 13.0. The minimum atomic E-state index is -0.809. The van der Waals surface area contributed by atoms with E-state index in [4.69, 9.17) is 23.7 Å². The summed E-state index contributed by atoms with van der Waals surface area (Å²) in [6.07, 6.45) is 0.897. The first-order valence-electron chi connectivity index (χ1n) is 8.59. The van der Waals surface area contributed by atoms with Crippen LogP contribution < -0.4 is 23.7 Å². The number of rotatable bonds is 7. The molecule has 27 heavy (non-hydrogen) atoms. The quantitative estimate of drug-likeness (QED) is 0.742. The summed E-state index contributed by atoms with van der Waals surface area (Å²) in [5.41, 5.74) is 2.16. The molecule has 2 atom stereocenters. The molecule has 2 aromatic rings. The highest BCUT2D eigenvalue weighted by Gasteiger charge is 2.28. The molecule has 0 radical (unpaired) electrons. The molecule has 0 unspecified atom stereocenters. The molecule has 0 aliphatic carbocycles. The van der Waals surface area contributed by atoms with Crippen molar-refractivity contribution in [2.75, 3.05) is 28.1 Å². The van der Waals surface area contributed by atoms with E-state index >= 15 is 0 Å². The molecule has 0 bridgehead atoms. The molecule has 0 spiro atoms. The summed E-state index contributed by atoms with van der Waals surface area (Å²) in [5, 5.41) is 10.9. The molecule has 1 heterocycles. The maximum atomic E-state index is 10.9. The predicted octanol–water partition coefficient (Wildman–Crippen LogP) is 3.96. The van der Waals surface area contributed by atoms with Crippen LogP contribution in [-0.2, 0) is 0 Å². The maximum Gasteiger partial charge on any atom is 0.231 e. The molecule has 1 aliphatic rings. The average Bonchev–Trinajstić information content (AvgIpc) is 3.18. The van der Waals surface area contributed by atoms with Crippen molar-refractivity contribution in [2.24, 2.45) is 5.92 Å². The summed E-state index contributed by atoms with van der Waals surface area (Å²) in [7, 11) is 4.65. The van der Waals surface area contributed by atoms with Crippen LogP contribution >= 0.6 is 0 Å². The number of ether oxygens (including phenoxy) is 5. The SMILES string of the molecule is C=C[C@@H](C)[C@H](O)c1cc(OC)c(OC)c(OC)c1-c1ccc2c(c1)OCO2. The highest BCUT2D eigenvalue weighted by Crippen LogP contribution is 2.50. The van der Waals surface area contributed by atoms with Gasteiger partial charge in [0.25, 0.3) is 0 Å². The van der Waals surface area contributed by atoms with Gasteiger partial charge in [0, 0.05) is 11.5 Å². The zero-order valence-corrected chi connectivity index (χ0v) is 15.9. The van der Waals surface area contributed by atoms with Gasteiger partial charge in [-0.2, -0.15) is 0 Å². The van der Waals surface area contributed by atoms with Crippen LogP contribution in [0.3, 0.4) is 0 Å². The van der Waals surface area contributed by atoms with Gasteiger partial charge in [0.1, 0.15) is 0 Å². The largest absolute Gasteiger partial charge is 0.493 e. The van der Waals surface area contributed by atoms with E-state index in [9.17, 15) is 5.11 Å². The molecule has 1 aliphatic heterocycles. The van der Waals surface area contributed by atoms with Crippen molar-refractivity contribution in [1.82, 2.24) is 0 Å². The Bertz CT molecular complexity index is 845. The second-order valence-electron chi connectivity index (χ2n) is 6.22. The maximum absolute atomic E-state index is 10.9. The molecule has 0 amide bonds. The standard InChI is InChI=1S/C21H24O6/c1-6-12(2)19(22)14-10-17(23-3)20(24-4)21(25-5)18(14)13-7-8-15-16(9-13)27-11-26-15/h6-10,12,19,22H,1,11H2,2-5H3/t12-,19+/m1/s1. The fourth-order valence-corrected chi connectivity index (χ4v) is 3.17. The predicted molar refractivity (Wildman–Crippen MR) is 102 cm³/mol. The normalized spacial score (nSPS) is 14.4. The third-order valence-electron chi connectivity index (χ3n) is 4.71. The third kappa shape index (κ3) is 3.28. The third-order valence-corrected chi connectivity index (χ3v) is 4.71. The van der Waals surface area contributed by atoms with Gasteiger partial charge in [-0.1, -0.05) is 19.1 Å². The van der Waals surface area contributed by atoms with Crippen LogP contribution in [0.1, 0.15) is 18.6 Å². The van der Waals surface area contributed by atoms with Crippen LogP contribution in [0.5, 0.6) is 28.7 Å². The van der Waals surface area contributed by atoms with Crippen LogP contribution in [0.25, 0.3) is 11.1 Å². The lowest BCUT2D eigenvalue weighted by Crippen LogP contribution is -2.10. The van der Waals surface area contributed by atoms with Gasteiger partial charge in [-0.3, -0.25) is 0 Å². The van der Waals surface area contributed by atoms with Crippen LogP contribution in [0.2, 0.25) is 0 Å². The molecule has 0 saturated heterocycles. The van der Waals surface area contributed by atoms with Crippen molar-refractivity contribution in [3.8, 4) is 39.9 Å². The number of aliphatic hydroxyl groups excluding tert-OH is 1. The molecular formula is C21H24O6. The second kappa shape index (κ2) is 7.80. The Labute approximate surface area is 158 Å². The highest BCUT2D eigenvalue weighted by molar-refractivity contribution is 5.81. The highest BCUT2D eigenvalue weighted by atomic mass is 16.7. The van der Waals surface area contributed by atoms with E-state index in [2.05, 4.69) is 6.58 Å². The minimum Gasteiger partial charge on any atom is -0.493 e. The molecule has 0 fully saturated rings. The van der Waals surface area contributed by atoms with Gasteiger partial charge < -0.3 is 28.8 Å². The van der Waals surface area contributed by atoms with Gasteiger partial charge in [-0.15, -0.1) is 6.58 Å². The summed E-state index contributed by atoms with van der Waals surface area (Å²) in [5.74, 6) is 2.54. The number of fused-ring (bicyclic) bond motifs is 1. The van der Waals surface area contributed by atoms with E-state index in [1.165, 1.54) is 0 Å². The first kappa shape index (κ1) is 18.9. The van der Waals surface area contributed by atoms with E-state index in [-0.39, 0.29) is 12.7 Å². The zero-order chi connectivity index (χ0) is 19.6. The monoisotopic (exact) mass is 372 g/mol. The van der Waals surface area contributed by atoms with Gasteiger partial charge in [0.15, 0.2) is 23.0 Å². The summed E-state index contributed by atoms with van der Waals surface area (Å²) in [4.78, 5) is 0. The number of aliphatic hydroxyl groups is 1. The first-order valence-corrected chi connectivity index (χ1v) is 8.59. The topological polar surface area (TPSA) is 66.4 Å². The Kier molecular flexibility index (Phi) is 5.46. The van der Waals surface area contributed by atoms with Gasteiger partial charge >= 0.3 is 0 Å². The lowest BCUT2D eigenvalue weighted by atomic mass is 9.89. The van der Waals surface area contributed by atoms with Crippen molar-refractivity contribution in [3.63, 3.8) is 0 Å². The Morgan fingerprint density at radius 1 is 1.04 bits per heavy atom. The van der Waals surface area contributed by atoms with Gasteiger partial charge in [0.05, 0.1) is 27.4 Å². The lowest BCUT2D eigenvalue weighted by Gasteiger charge is -2.24. The molecule has 0 saturated carbocycles. The molecule has 6 heteroatoms. The molecule has 3 rings (SSSR count). The fraction of sp³-hybridized carbons (Fsp3) is 0.333. The van der Waals surface area contributed by atoms with E-state index in [0.29, 0.717) is 39.9 Å². The zero-order valence-electron chi connectivity index (χ0n) is 15.9. The summed E-state index contributed by atoms with van der Waals surface area (Å²) >= 11 is 0. The van der Waals surface area contributed by atoms with E-state index in [1.807, 2.05) is 25.1 Å². The van der Waals surface area contributed by atoms with Crippen LogP contribution in [-0.4, -0.2) is 33.2 Å². The summed E-state index contributed by atoms with van der Waals surface area (Å²) in [6.45, 7) is 5.87.